The molecule has 0 aliphatic rings. The molecule has 0 aromatic heterocycles. The third kappa shape index (κ3) is 2.32. The Morgan fingerprint density at radius 3 is 2.50 bits per heavy atom. The van der Waals surface area contributed by atoms with Crippen LogP contribution in [-0.2, 0) is 0 Å². The second-order valence-electron chi connectivity index (χ2n) is 3.77. The SMILES string of the molecule is Cc1c(F)ccc(O)c1C(=O)Oc1ccccc1. The smallest absolute Gasteiger partial charge is 0.347 e. The van der Waals surface area contributed by atoms with Crippen LogP contribution in [0, 0.1) is 12.7 Å². The summed E-state index contributed by atoms with van der Waals surface area (Å²) in [4.78, 5) is 11.9. The van der Waals surface area contributed by atoms with Crippen LogP contribution in [0.3, 0.4) is 0 Å². The number of phenolic OH excluding ortho intramolecular Hbond substituents is 1. The summed E-state index contributed by atoms with van der Waals surface area (Å²) in [5, 5.41) is 9.60. The number of ether oxygens (including phenoxy) is 1. The average Bonchev–Trinajstić information content (AvgIpc) is 2.36. The molecule has 0 aliphatic carbocycles. The minimum atomic E-state index is -0.782. The van der Waals surface area contributed by atoms with E-state index >= 15 is 0 Å². The van der Waals surface area contributed by atoms with E-state index in [4.69, 9.17) is 4.74 Å². The van der Waals surface area contributed by atoms with Gasteiger partial charge in [-0.05, 0) is 31.2 Å². The van der Waals surface area contributed by atoms with Crippen molar-refractivity contribution in [1.82, 2.24) is 0 Å². The number of esters is 1. The first kappa shape index (κ1) is 12.1. The standard InChI is InChI=1S/C14H11FO3/c1-9-11(15)7-8-12(16)13(9)14(17)18-10-5-3-2-4-6-10/h2-8,16H,1H3. The molecule has 0 radical (unpaired) electrons. The summed E-state index contributed by atoms with van der Waals surface area (Å²) >= 11 is 0. The normalized spacial score (nSPS) is 10.1. The minimum absolute atomic E-state index is 0.0657. The molecule has 0 fully saturated rings. The maximum absolute atomic E-state index is 13.3. The van der Waals surface area contributed by atoms with Crippen molar-refractivity contribution >= 4 is 5.97 Å². The molecular formula is C14H11FO3. The van der Waals surface area contributed by atoms with Crippen LogP contribution in [-0.4, -0.2) is 11.1 Å². The number of phenols is 1. The van der Waals surface area contributed by atoms with Crippen LogP contribution in [0.4, 0.5) is 4.39 Å². The van der Waals surface area contributed by atoms with E-state index in [0.717, 1.165) is 12.1 Å². The van der Waals surface area contributed by atoms with E-state index in [0.29, 0.717) is 5.75 Å². The van der Waals surface area contributed by atoms with Crippen molar-refractivity contribution in [3.05, 3.63) is 59.4 Å². The molecule has 0 saturated carbocycles. The lowest BCUT2D eigenvalue weighted by Gasteiger charge is -2.09. The lowest BCUT2D eigenvalue weighted by molar-refractivity contribution is 0.0730. The second kappa shape index (κ2) is 4.87. The van der Waals surface area contributed by atoms with Gasteiger partial charge in [-0.25, -0.2) is 9.18 Å². The molecule has 1 N–H and O–H groups in total. The van der Waals surface area contributed by atoms with E-state index in [1.807, 2.05) is 0 Å². The monoisotopic (exact) mass is 246 g/mol. The molecular weight excluding hydrogens is 235 g/mol. The number of halogens is 1. The summed E-state index contributed by atoms with van der Waals surface area (Å²) in [6.07, 6.45) is 0. The van der Waals surface area contributed by atoms with Gasteiger partial charge in [0.15, 0.2) is 0 Å². The molecule has 3 nitrogen and oxygen atoms in total. The van der Waals surface area contributed by atoms with E-state index in [1.165, 1.54) is 6.92 Å². The quantitative estimate of drug-likeness (QED) is 0.654. The fourth-order valence-corrected chi connectivity index (χ4v) is 1.58. The zero-order valence-electron chi connectivity index (χ0n) is 9.68. The molecule has 0 aliphatic heterocycles. The zero-order valence-corrected chi connectivity index (χ0v) is 9.68. The lowest BCUT2D eigenvalue weighted by atomic mass is 10.1. The number of aromatic hydroxyl groups is 1. The number of hydrogen-bond acceptors (Lipinski definition) is 3. The number of rotatable bonds is 2. The van der Waals surface area contributed by atoms with Gasteiger partial charge in [-0.15, -0.1) is 0 Å². The molecule has 4 heteroatoms. The number of carbonyl (C=O) groups is 1. The molecule has 0 atom stereocenters. The molecule has 0 unspecified atom stereocenters. The van der Waals surface area contributed by atoms with Gasteiger partial charge in [0.2, 0.25) is 0 Å². The van der Waals surface area contributed by atoms with Gasteiger partial charge in [0, 0.05) is 5.56 Å². The molecule has 0 bridgehead atoms. The molecule has 0 amide bonds. The minimum Gasteiger partial charge on any atom is -0.507 e. The van der Waals surface area contributed by atoms with Crippen LogP contribution in [0.5, 0.6) is 11.5 Å². The van der Waals surface area contributed by atoms with Crippen molar-refractivity contribution in [2.45, 2.75) is 6.92 Å². The Bertz CT molecular complexity index is 579. The van der Waals surface area contributed by atoms with Gasteiger partial charge in [-0.1, -0.05) is 18.2 Å². The summed E-state index contributed by atoms with van der Waals surface area (Å²) in [6, 6.07) is 10.6. The number of para-hydroxylation sites is 1. The van der Waals surface area contributed by atoms with Crippen LogP contribution in [0.25, 0.3) is 0 Å². The van der Waals surface area contributed by atoms with Gasteiger partial charge in [0.05, 0.1) is 0 Å². The molecule has 2 aromatic carbocycles. The zero-order chi connectivity index (χ0) is 13.1. The highest BCUT2D eigenvalue weighted by atomic mass is 19.1. The fourth-order valence-electron chi connectivity index (χ4n) is 1.58. The fraction of sp³-hybridized carbons (Fsp3) is 0.0714. The van der Waals surface area contributed by atoms with Crippen LogP contribution in [0.15, 0.2) is 42.5 Å². The topological polar surface area (TPSA) is 46.5 Å². The van der Waals surface area contributed by atoms with E-state index in [9.17, 15) is 14.3 Å². The molecule has 2 aromatic rings. The summed E-state index contributed by atoms with van der Waals surface area (Å²) in [5.74, 6) is -1.30. The first-order valence-corrected chi connectivity index (χ1v) is 5.35. The maximum Gasteiger partial charge on any atom is 0.347 e. The van der Waals surface area contributed by atoms with Crippen LogP contribution in [0.1, 0.15) is 15.9 Å². The largest absolute Gasteiger partial charge is 0.507 e. The Balaban J connectivity index is 2.33. The molecule has 92 valence electrons. The van der Waals surface area contributed by atoms with Gasteiger partial charge in [-0.3, -0.25) is 0 Å². The summed E-state index contributed by atoms with van der Waals surface area (Å²) < 4.78 is 18.4. The van der Waals surface area contributed by atoms with Crippen molar-refractivity contribution < 1.29 is 19.0 Å². The lowest BCUT2D eigenvalue weighted by Crippen LogP contribution is -2.11. The number of hydrogen-bond donors (Lipinski definition) is 1. The molecule has 2 rings (SSSR count). The first-order valence-electron chi connectivity index (χ1n) is 5.35. The number of carbonyl (C=O) groups excluding carboxylic acids is 1. The Kier molecular flexibility index (Phi) is 3.28. The summed E-state index contributed by atoms with van der Waals surface area (Å²) in [5.41, 5.74) is -0.0882. The highest BCUT2D eigenvalue weighted by Gasteiger charge is 2.19. The molecule has 18 heavy (non-hydrogen) atoms. The van der Waals surface area contributed by atoms with E-state index in [1.54, 1.807) is 30.3 Å². The number of benzene rings is 2. The molecule has 0 saturated heterocycles. The Morgan fingerprint density at radius 2 is 1.83 bits per heavy atom. The Morgan fingerprint density at radius 1 is 1.17 bits per heavy atom. The van der Waals surface area contributed by atoms with Crippen molar-refractivity contribution in [2.75, 3.05) is 0 Å². The van der Waals surface area contributed by atoms with Gasteiger partial charge < -0.3 is 9.84 Å². The van der Waals surface area contributed by atoms with E-state index in [-0.39, 0.29) is 16.9 Å². The van der Waals surface area contributed by atoms with Gasteiger partial charge in [0.25, 0.3) is 0 Å². The van der Waals surface area contributed by atoms with Crippen LogP contribution >= 0.6 is 0 Å². The van der Waals surface area contributed by atoms with Gasteiger partial charge in [-0.2, -0.15) is 0 Å². The molecule has 0 spiro atoms. The van der Waals surface area contributed by atoms with Crippen molar-refractivity contribution in [3.8, 4) is 11.5 Å². The average molecular weight is 246 g/mol. The predicted octanol–water partition coefficient (Wildman–Crippen LogP) is 3.06. The Hall–Kier alpha value is -2.36. The third-order valence-electron chi connectivity index (χ3n) is 2.53. The van der Waals surface area contributed by atoms with Gasteiger partial charge in [0.1, 0.15) is 22.9 Å². The highest BCUT2D eigenvalue weighted by Crippen LogP contribution is 2.24. The van der Waals surface area contributed by atoms with Crippen molar-refractivity contribution in [2.24, 2.45) is 0 Å². The van der Waals surface area contributed by atoms with E-state index in [2.05, 4.69) is 0 Å². The predicted molar refractivity (Wildman–Crippen MR) is 64.2 cm³/mol. The maximum atomic E-state index is 13.3. The highest BCUT2D eigenvalue weighted by molar-refractivity contribution is 5.95. The second-order valence-corrected chi connectivity index (χ2v) is 3.77. The van der Waals surface area contributed by atoms with E-state index < -0.39 is 11.8 Å². The summed E-state index contributed by atoms with van der Waals surface area (Å²) in [6.45, 7) is 1.41. The molecule has 0 heterocycles. The van der Waals surface area contributed by atoms with Crippen molar-refractivity contribution in [1.29, 1.82) is 0 Å². The first-order chi connectivity index (χ1) is 8.59. The van der Waals surface area contributed by atoms with Gasteiger partial charge >= 0.3 is 5.97 Å². The van der Waals surface area contributed by atoms with Crippen LogP contribution < -0.4 is 4.74 Å². The van der Waals surface area contributed by atoms with Crippen LogP contribution in [0.2, 0.25) is 0 Å². The summed E-state index contributed by atoms with van der Waals surface area (Å²) in [7, 11) is 0. The third-order valence-corrected chi connectivity index (χ3v) is 2.53. The Labute approximate surface area is 103 Å². The van der Waals surface area contributed by atoms with Crippen molar-refractivity contribution in [3.63, 3.8) is 0 Å².